The van der Waals surface area contributed by atoms with Crippen molar-refractivity contribution in [2.24, 2.45) is 0 Å². The fraction of sp³-hybridized carbons (Fsp3) is 0.214. The van der Waals surface area contributed by atoms with Gasteiger partial charge in [-0.15, -0.1) is 0 Å². The quantitative estimate of drug-likeness (QED) is 0.854. The zero-order valence-electron chi connectivity index (χ0n) is 9.89. The van der Waals surface area contributed by atoms with Gasteiger partial charge in [0.05, 0.1) is 18.8 Å². The molecule has 0 bridgehead atoms. The molecule has 2 aromatic rings. The van der Waals surface area contributed by atoms with E-state index in [9.17, 15) is 0 Å². The molecule has 1 aromatic heterocycles. The van der Waals surface area contributed by atoms with Crippen LogP contribution < -0.4 is 5.32 Å². The molecule has 1 heterocycles. The van der Waals surface area contributed by atoms with Crippen LogP contribution in [0.1, 0.15) is 11.3 Å². The van der Waals surface area contributed by atoms with Gasteiger partial charge in [0.2, 0.25) is 0 Å². The SMILES string of the molecule is COCc1cccc(NCc2ccccn2)c1. The average molecular weight is 228 g/mol. The second-order valence-electron chi connectivity index (χ2n) is 3.81. The van der Waals surface area contributed by atoms with Crippen LogP contribution in [0.5, 0.6) is 0 Å². The number of rotatable bonds is 5. The highest BCUT2D eigenvalue weighted by Crippen LogP contribution is 2.12. The molecule has 17 heavy (non-hydrogen) atoms. The van der Waals surface area contributed by atoms with Crippen molar-refractivity contribution in [3.05, 3.63) is 59.9 Å². The Morgan fingerprint density at radius 1 is 1.18 bits per heavy atom. The lowest BCUT2D eigenvalue weighted by Crippen LogP contribution is -2.01. The molecule has 0 radical (unpaired) electrons. The molecule has 0 saturated carbocycles. The zero-order chi connectivity index (χ0) is 11.9. The van der Waals surface area contributed by atoms with Crippen molar-refractivity contribution in [2.45, 2.75) is 13.2 Å². The maximum Gasteiger partial charge on any atom is 0.0713 e. The monoisotopic (exact) mass is 228 g/mol. The van der Waals surface area contributed by atoms with Gasteiger partial charge in [-0.1, -0.05) is 18.2 Å². The molecule has 0 atom stereocenters. The first-order valence-electron chi connectivity index (χ1n) is 5.60. The minimum Gasteiger partial charge on any atom is -0.380 e. The van der Waals surface area contributed by atoms with Gasteiger partial charge in [0.1, 0.15) is 0 Å². The van der Waals surface area contributed by atoms with Crippen molar-refractivity contribution < 1.29 is 4.74 Å². The maximum absolute atomic E-state index is 5.11. The van der Waals surface area contributed by atoms with Crippen molar-refractivity contribution in [1.82, 2.24) is 4.98 Å². The summed E-state index contributed by atoms with van der Waals surface area (Å²) >= 11 is 0. The summed E-state index contributed by atoms with van der Waals surface area (Å²) < 4.78 is 5.11. The largest absolute Gasteiger partial charge is 0.380 e. The van der Waals surface area contributed by atoms with E-state index in [-0.39, 0.29) is 0 Å². The molecule has 88 valence electrons. The number of aromatic nitrogens is 1. The number of pyridine rings is 1. The van der Waals surface area contributed by atoms with Crippen LogP contribution in [0.3, 0.4) is 0 Å². The van der Waals surface area contributed by atoms with Gasteiger partial charge in [-0.25, -0.2) is 0 Å². The van der Waals surface area contributed by atoms with Gasteiger partial charge in [0.25, 0.3) is 0 Å². The van der Waals surface area contributed by atoms with Crippen LogP contribution >= 0.6 is 0 Å². The van der Waals surface area contributed by atoms with Crippen molar-refractivity contribution in [3.63, 3.8) is 0 Å². The summed E-state index contributed by atoms with van der Waals surface area (Å²) in [6.45, 7) is 1.37. The minimum absolute atomic E-state index is 0.638. The number of nitrogens with zero attached hydrogens (tertiary/aromatic N) is 1. The Morgan fingerprint density at radius 2 is 2.12 bits per heavy atom. The average Bonchev–Trinajstić information content (AvgIpc) is 2.39. The minimum atomic E-state index is 0.638. The van der Waals surface area contributed by atoms with Gasteiger partial charge in [-0.3, -0.25) is 4.98 Å². The number of hydrogen-bond acceptors (Lipinski definition) is 3. The first-order chi connectivity index (χ1) is 8.38. The molecule has 0 saturated heterocycles. The number of nitrogens with one attached hydrogen (secondary N) is 1. The highest BCUT2D eigenvalue weighted by atomic mass is 16.5. The molecule has 1 N–H and O–H groups in total. The van der Waals surface area contributed by atoms with Crippen LogP contribution in [-0.4, -0.2) is 12.1 Å². The Kier molecular flexibility index (Phi) is 4.11. The van der Waals surface area contributed by atoms with Crippen LogP contribution in [0, 0.1) is 0 Å². The Bertz CT molecular complexity index is 457. The van der Waals surface area contributed by atoms with E-state index in [1.807, 2.05) is 30.3 Å². The van der Waals surface area contributed by atoms with E-state index >= 15 is 0 Å². The molecule has 3 nitrogen and oxygen atoms in total. The smallest absolute Gasteiger partial charge is 0.0713 e. The van der Waals surface area contributed by atoms with Crippen molar-refractivity contribution >= 4 is 5.69 Å². The summed E-state index contributed by atoms with van der Waals surface area (Å²) in [5.41, 5.74) is 3.29. The molecule has 3 heteroatoms. The van der Waals surface area contributed by atoms with E-state index in [4.69, 9.17) is 4.74 Å². The summed E-state index contributed by atoms with van der Waals surface area (Å²) in [4.78, 5) is 4.27. The Morgan fingerprint density at radius 3 is 2.88 bits per heavy atom. The van der Waals surface area contributed by atoms with Crippen LogP contribution in [0.4, 0.5) is 5.69 Å². The summed E-state index contributed by atoms with van der Waals surface area (Å²) in [5, 5.41) is 3.34. The summed E-state index contributed by atoms with van der Waals surface area (Å²) in [6.07, 6.45) is 1.80. The first kappa shape index (κ1) is 11.6. The zero-order valence-corrected chi connectivity index (χ0v) is 9.89. The van der Waals surface area contributed by atoms with Crippen molar-refractivity contribution in [2.75, 3.05) is 12.4 Å². The number of hydrogen-bond donors (Lipinski definition) is 1. The maximum atomic E-state index is 5.11. The Hall–Kier alpha value is -1.87. The van der Waals surface area contributed by atoms with Gasteiger partial charge < -0.3 is 10.1 Å². The van der Waals surface area contributed by atoms with E-state index in [0.717, 1.165) is 17.9 Å². The van der Waals surface area contributed by atoms with Gasteiger partial charge >= 0.3 is 0 Å². The fourth-order valence-corrected chi connectivity index (χ4v) is 1.63. The molecule has 0 unspecified atom stereocenters. The lowest BCUT2D eigenvalue weighted by atomic mass is 10.2. The summed E-state index contributed by atoms with van der Waals surface area (Å²) in [6, 6.07) is 14.1. The molecule has 1 aromatic carbocycles. The lowest BCUT2D eigenvalue weighted by molar-refractivity contribution is 0.185. The Balaban J connectivity index is 1.97. The molecule has 2 rings (SSSR count). The molecule has 0 spiro atoms. The number of anilines is 1. The van der Waals surface area contributed by atoms with Crippen LogP contribution in [0.25, 0.3) is 0 Å². The predicted molar refractivity (Wildman–Crippen MR) is 68.7 cm³/mol. The van der Waals surface area contributed by atoms with Gasteiger partial charge in [-0.2, -0.15) is 0 Å². The normalized spacial score (nSPS) is 10.2. The second-order valence-corrected chi connectivity index (χ2v) is 3.81. The molecule has 0 aliphatic carbocycles. The molecule has 0 fully saturated rings. The van der Waals surface area contributed by atoms with Gasteiger partial charge in [0.15, 0.2) is 0 Å². The fourth-order valence-electron chi connectivity index (χ4n) is 1.63. The second kappa shape index (κ2) is 6.01. The predicted octanol–water partition coefficient (Wildman–Crippen LogP) is 2.84. The molecular weight excluding hydrogens is 212 g/mol. The van der Waals surface area contributed by atoms with Crippen molar-refractivity contribution in [1.29, 1.82) is 0 Å². The first-order valence-corrected chi connectivity index (χ1v) is 5.60. The highest BCUT2D eigenvalue weighted by Gasteiger charge is 1.96. The van der Waals surface area contributed by atoms with E-state index in [2.05, 4.69) is 22.4 Å². The van der Waals surface area contributed by atoms with E-state index in [1.54, 1.807) is 13.3 Å². The van der Waals surface area contributed by atoms with E-state index in [1.165, 1.54) is 5.56 Å². The topological polar surface area (TPSA) is 34.1 Å². The highest BCUT2D eigenvalue weighted by molar-refractivity contribution is 5.45. The van der Waals surface area contributed by atoms with E-state index < -0.39 is 0 Å². The number of ether oxygens (including phenoxy) is 1. The van der Waals surface area contributed by atoms with Crippen molar-refractivity contribution in [3.8, 4) is 0 Å². The number of benzene rings is 1. The third-order valence-corrected chi connectivity index (χ3v) is 2.44. The Labute approximate surface area is 101 Å². The number of methoxy groups -OCH3 is 1. The molecule has 0 aliphatic heterocycles. The van der Waals surface area contributed by atoms with Gasteiger partial charge in [0, 0.05) is 19.0 Å². The molecule has 0 aliphatic rings. The molecular formula is C14H16N2O. The van der Waals surface area contributed by atoms with Crippen LogP contribution in [-0.2, 0) is 17.9 Å². The van der Waals surface area contributed by atoms with E-state index in [0.29, 0.717) is 6.61 Å². The molecule has 0 amide bonds. The van der Waals surface area contributed by atoms with Gasteiger partial charge in [-0.05, 0) is 29.8 Å². The lowest BCUT2D eigenvalue weighted by Gasteiger charge is -2.07. The standard InChI is InChI=1S/C14H16N2O/c1-17-11-12-5-4-7-13(9-12)16-10-14-6-2-3-8-15-14/h2-9,16H,10-11H2,1H3. The summed E-state index contributed by atoms with van der Waals surface area (Å²) in [5.74, 6) is 0. The third kappa shape index (κ3) is 3.57. The third-order valence-electron chi connectivity index (χ3n) is 2.44. The van der Waals surface area contributed by atoms with Crippen LogP contribution in [0.15, 0.2) is 48.7 Å². The van der Waals surface area contributed by atoms with Crippen LogP contribution in [0.2, 0.25) is 0 Å². The summed E-state index contributed by atoms with van der Waals surface area (Å²) in [7, 11) is 1.70.